The SMILES string of the molecule is C[NH+]1CCOCC1.[N-]=C=C1C(=S)NC2=C(C(=O)CCC2)C1Cc1ccccc1. The number of nitrogens with zero attached hydrogens (tertiary/aromatic N) is 1. The number of Topliss-reactive ketones (excluding diaryl/α,β-unsaturated/α-hetero) is 1. The van der Waals surface area contributed by atoms with E-state index in [1.165, 1.54) is 13.1 Å². The smallest absolute Gasteiger partial charge is 0.161 e. The van der Waals surface area contributed by atoms with Crippen LogP contribution in [0.3, 0.4) is 0 Å². The van der Waals surface area contributed by atoms with E-state index < -0.39 is 0 Å². The van der Waals surface area contributed by atoms with Crippen molar-refractivity contribution in [2.45, 2.75) is 25.7 Å². The molecule has 2 N–H and O–H groups in total. The highest BCUT2D eigenvalue weighted by Gasteiger charge is 2.35. The maximum absolute atomic E-state index is 12.3. The first-order valence-electron chi connectivity index (χ1n) is 9.87. The topological polar surface area (TPSA) is 65.1 Å². The van der Waals surface area contributed by atoms with Crippen LogP contribution in [0.4, 0.5) is 0 Å². The highest BCUT2D eigenvalue weighted by molar-refractivity contribution is 7.80. The van der Waals surface area contributed by atoms with Crippen molar-refractivity contribution in [1.82, 2.24) is 5.32 Å². The second-order valence-corrected chi connectivity index (χ2v) is 7.87. The number of rotatable bonds is 2. The number of ether oxygens (including phenoxy) is 1. The number of hydrogen-bond donors (Lipinski definition) is 2. The number of allylic oxidation sites excluding steroid dienone is 2. The molecule has 28 heavy (non-hydrogen) atoms. The largest absolute Gasteiger partial charge is 0.763 e. The summed E-state index contributed by atoms with van der Waals surface area (Å²) in [6.07, 6.45) is 2.91. The van der Waals surface area contributed by atoms with Crippen molar-refractivity contribution in [1.29, 1.82) is 0 Å². The van der Waals surface area contributed by atoms with Gasteiger partial charge in [0.05, 0.1) is 20.3 Å². The van der Waals surface area contributed by atoms with Gasteiger partial charge in [-0.2, -0.15) is 0 Å². The quantitative estimate of drug-likeness (QED) is 0.451. The number of morpholine rings is 1. The van der Waals surface area contributed by atoms with E-state index in [2.05, 4.69) is 18.2 Å². The third-order valence-electron chi connectivity index (χ3n) is 5.41. The normalized spacial score (nSPS) is 22.6. The fraction of sp³-hybridized carbons (Fsp3) is 0.455. The first-order valence-corrected chi connectivity index (χ1v) is 10.3. The summed E-state index contributed by atoms with van der Waals surface area (Å²) in [4.78, 5) is 14.4. The molecule has 0 radical (unpaired) electrons. The number of hydrogen-bond acceptors (Lipinski definition) is 3. The molecule has 0 bridgehead atoms. The lowest BCUT2D eigenvalue weighted by atomic mass is 9.76. The molecule has 0 amide bonds. The molecule has 1 aromatic carbocycles. The monoisotopic (exact) mass is 397 g/mol. The molecule has 2 aliphatic heterocycles. The third-order valence-corrected chi connectivity index (χ3v) is 5.73. The Balaban J connectivity index is 0.000000271. The average Bonchev–Trinajstić information content (AvgIpc) is 2.70. The zero-order chi connectivity index (χ0) is 19.9. The second kappa shape index (κ2) is 9.89. The number of thiocarbonyl (C=S) groups is 1. The summed E-state index contributed by atoms with van der Waals surface area (Å²) in [5, 5.41) is 12.5. The van der Waals surface area contributed by atoms with Crippen LogP contribution in [-0.2, 0) is 16.0 Å². The van der Waals surface area contributed by atoms with Gasteiger partial charge in [0.25, 0.3) is 0 Å². The molecular weight excluding hydrogens is 370 g/mol. The predicted octanol–water partition coefficient (Wildman–Crippen LogP) is 1.48. The Labute approximate surface area is 172 Å². The van der Waals surface area contributed by atoms with Gasteiger partial charge in [0.2, 0.25) is 0 Å². The van der Waals surface area contributed by atoms with Crippen LogP contribution in [-0.4, -0.2) is 50.0 Å². The molecule has 1 saturated heterocycles. The van der Waals surface area contributed by atoms with Crippen LogP contribution >= 0.6 is 12.2 Å². The van der Waals surface area contributed by atoms with Gasteiger partial charge in [-0.25, -0.2) is 0 Å². The lowest BCUT2D eigenvalue weighted by Crippen LogP contribution is -3.11. The molecule has 4 rings (SSSR count). The van der Waals surface area contributed by atoms with Gasteiger partial charge in [0.15, 0.2) is 5.78 Å². The zero-order valence-electron chi connectivity index (χ0n) is 16.3. The Bertz CT molecular complexity index is 806. The van der Waals surface area contributed by atoms with Crippen molar-refractivity contribution in [3.05, 3.63) is 58.1 Å². The molecular formula is C22H27N3O2S. The van der Waals surface area contributed by atoms with Crippen LogP contribution in [0.25, 0.3) is 5.41 Å². The standard InChI is InChI=1S/C17H15N2OS.C5H11NO/c18-10-13-12(9-11-5-2-1-3-6-11)16-14(19-17(13)21)7-4-8-15(16)20;1-6-2-4-7-5-3-6/h1-3,5-6,12H,4,7-9H2,(H,19,21);2-5H2,1H3/q-1;/p+1. The van der Waals surface area contributed by atoms with Crippen molar-refractivity contribution in [3.8, 4) is 0 Å². The fourth-order valence-electron chi connectivity index (χ4n) is 3.81. The van der Waals surface area contributed by atoms with Gasteiger partial charge in [-0.15, -0.1) is 0 Å². The van der Waals surface area contributed by atoms with Gasteiger partial charge >= 0.3 is 0 Å². The molecule has 3 aliphatic rings. The summed E-state index contributed by atoms with van der Waals surface area (Å²) in [6.45, 7) is 4.26. The molecule has 1 aliphatic carbocycles. The van der Waals surface area contributed by atoms with E-state index >= 15 is 0 Å². The van der Waals surface area contributed by atoms with E-state index in [4.69, 9.17) is 17.0 Å². The molecule has 0 saturated carbocycles. The molecule has 0 aromatic heterocycles. The van der Waals surface area contributed by atoms with E-state index in [-0.39, 0.29) is 11.7 Å². The lowest BCUT2D eigenvalue weighted by Gasteiger charge is -2.34. The number of carbonyl (C=O) groups is 1. The second-order valence-electron chi connectivity index (χ2n) is 7.46. The summed E-state index contributed by atoms with van der Waals surface area (Å²) in [6, 6.07) is 9.95. The van der Waals surface area contributed by atoms with E-state index in [1.54, 1.807) is 4.90 Å². The highest BCUT2D eigenvalue weighted by Crippen LogP contribution is 2.35. The van der Waals surface area contributed by atoms with E-state index in [0.717, 1.165) is 42.9 Å². The van der Waals surface area contributed by atoms with E-state index in [0.29, 0.717) is 23.4 Å². The average molecular weight is 398 g/mol. The Morgan fingerprint density at radius 2 is 1.96 bits per heavy atom. The summed E-state index contributed by atoms with van der Waals surface area (Å²) in [7, 11) is 2.20. The minimum Gasteiger partial charge on any atom is -0.763 e. The summed E-state index contributed by atoms with van der Waals surface area (Å²) >= 11 is 5.31. The predicted molar refractivity (Wildman–Crippen MR) is 115 cm³/mol. The molecule has 2 heterocycles. The van der Waals surface area contributed by atoms with Crippen molar-refractivity contribution in [2.24, 2.45) is 5.92 Å². The van der Waals surface area contributed by atoms with Gasteiger partial charge in [-0.3, -0.25) is 10.7 Å². The maximum Gasteiger partial charge on any atom is 0.161 e. The van der Waals surface area contributed by atoms with E-state index in [9.17, 15) is 10.2 Å². The summed E-state index contributed by atoms with van der Waals surface area (Å²) in [5.41, 5.74) is 3.33. The van der Waals surface area contributed by atoms with Gasteiger partial charge < -0.3 is 20.4 Å². The number of nitrogens with one attached hydrogen (secondary N) is 2. The number of likely N-dealkylation sites (N-methyl/N-ethyl adjacent to an activating group) is 1. The minimum absolute atomic E-state index is 0.153. The lowest BCUT2D eigenvalue weighted by molar-refractivity contribution is -0.888. The van der Waals surface area contributed by atoms with Crippen molar-refractivity contribution >= 4 is 28.9 Å². The molecule has 6 heteroatoms. The summed E-state index contributed by atoms with van der Waals surface area (Å²) < 4.78 is 5.12. The molecule has 148 valence electrons. The van der Waals surface area contributed by atoms with Crippen LogP contribution in [0.15, 0.2) is 47.2 Å². The van der Waals surface area contributed by atoms with Crippen molar-refractivity contribution in [3.63, 3.8) is 0 Å². The van der Waals surface area contributed by atoms with Gasteiger partial charge in [0, 0.05) is 29.2 Å². The van der Waals surface area contributed by atoms with Crippen LogP contribution < -0.4 is 10.2 Å². The Kier molecular flexibility index (Phi) is 7.29. The first-order chi connectivity index (χ1) is 13.6. The Hall–Kier alpha value is -2.11. The summed E-state index contributed by atoms with van der Waals surface area (Å²) in [5.74, 6) is 2.16. The van der Waals surface area contributed by atoms with Crippen LogP contribution in [0.5, 0.6) is 0 Å². The van der Waals surface area contributed by atoms with Gasteiger partial charge in [-0.05, 0) is 24.8 Å². The highest BCUT2D eigenvalue weighted by atomic mass is 32.1. The molecule has 1 unspecified atom stereocenters. The van der Waals surface area contributed by atoms with E-state index in [1.807, 2.05) is 30.3 Å². The number of carbonyl (C=O) groups excluding carboxylic acids is 1. The molecule has 1 atom stereocenters. The zero-order valence-corrected chi connectivity index (χ0v) is 17.1. The van der Waals surface area contributed by atoms with Crippen LogP contribution in [0.2, 0.25) is 0 Å². The Morgan fingerprint density at radius 3 is 2.57 bits per heavy atom. The van der Waals surface area contributed by atoms with Gasteiger partial charge in [0.1, 0.15) is 18.1 Å². The van der Waals surface area contributed by atoms with Gasteiger partial charge in [-0.1, -0.05) is 42.5 Å². The molecule has 1 aromatic rings. The van der Waals surface area contributed by atoms with Crippen LogP contribution in [0, 0.1) is 5.92 Å². The molecule has 1 fully saturated rings. The minimum atomic E-state index is -0.200. The molecule has 5 nitrogen and oxygen atoms in total. The Morgan fingerprint density at radius 1 is 1.25 bits per heavy atom. The van der Waals surface area contributed by atoms with Crippen LogP contribution in [0.1, 0.15) is 24.8 Å². The fourth-order valence-corrected chi connectivity index (χ4v) is 4.12. The number of benzene rings is 1. The van der Waals surface area contributed by atoms with Crippen molar-refractivity contribution < 1.29 is 14.4 Å². The number of ketones is 1. The van der Waals surface area contributed by atoms with Crippen molar-refractivity contribution in [2.75, 3.05) is 33.4 Å². The third kappa shape index (κ3) is 5.03. The molecule has 0 spiro atoms. The number of quaternary nitrogens is 1. The first kappa shape index (κ1) is 20.6. The maximum atomic E-state index is 12.3.